The van der Waals surface area contributed by atoms with Crippen molar-refractivity contribution in [3.63, 3.8) is 0 Å². The quantitative estimate of drug-likeness (QED) is 0.702. The fourth-order valence-electron chi connectivity index (χ4n) is 2.35. The van der Waals surface area contributed by atoms with Crippen molar-refractivity contribution >= 4 is 5.97 Å². The maximum Gasteiger partial charge on any atom is 0.338 e. The van der Waals surface area contributed by atoms with Crippen molar-refractivity contribution in [1.82, 2.24) is 0 Å². The monoisotopic (exact) mass is 312 g/mol. The van der Waals surface area contributed by atoms with Crippen LogP contribution >= 0.6 is 0 Å². The van der Waals surface area contributed by atoms with Gasteiger partial charge in [0.15, 0.2) is 0 Å². The topological polar surface area (TPSA) is 35.5 Å². The van der Waals surface area contributed by atoms with Crippen LogP contribution in [0.25, 0.3) is 0 Å². The first-order valence-electron chi connectivity index (χ1n) is 8.00. The van der Waals surface area contributed by atoms with Gasteiger partial charge in [-0.2, -0.15) is 0 Å². The SMILES string of the molecule is CCCOC(=O)c1cccc(COCc2ccc(C)cc2C)c1. The Kier molecular flexibility index (Phi) is 6.36. The number of hydrogen-bond acceptors (Lipinski definition) is 3. The Morgan fingerprint density at radius 2 is 1.87 bits per heavy atom. The van der Waals surface area contributed by atoms with E-state index < -0.39 is 0 Å². The molecule has 2 aromatic rings. The maximum absolute atomic E-state index is 11.9. The van der Waals surface area contributed by atoms with E-state index in [1.165, 1.54) is 16.7 Å². The summed E-state index contributed by atoms with van der Waals surface area (Å²) in [5.41, 5.74) is 5.23. The lowest BCUT2D eigenvalue weighted by Crippen LogP contribution is -2.06. The molecule has 0 fully saturated rings. The zero-order valence-electron chi connectivity index (χ0n) is 14.1. The van der Waals surface area contributed by atoms with Gasteiger partial charge >= 0.3 is 5.97 Å². The second kappa shape index (κ2) is 8.49. The lowest BCUT2D eigenvalue weighted by molar-refractivity contribution is 0.0504. The number of rotatable bonds is 7. The lowest BCUT2D eigenvalue weighted by atomic mass is 10.1. The van der Waals surface area contributed by atoms with E-state index in [0.29, 0.717) is 25.4 Å². The van der Waals surface area contributed by atoms with Crippen molar-refractivity contribution in [2.45, 2.75) is 40.4 Å². The minimum absolute atomic E-state index is 0.275. The molecular weight excluding hydrogens is 288 g/mol. The predicted octanol–water partition coefficient (Wildman–Crippen LogP) is 4.59. The zero-order chi connectivity index (χ0) is 16.7. The van der Waals surface area contributed by atoms with Crippen LogP contribution in [-0.4, -0.2) is 12.6 Å². The van der Waals surface area contributed by atoms with Crippen molar-refractivity contribution < 1.29 is 14.3 Å². The highest BCUT2D eigenvalue weighted by atomic mass is 16.5. The van der Waals surface area contributed by atoms with Gasteiger partial charge in [-0.15, -0.1) is 0 Å². The molecule has 0 saturated carbocycles. The maximum atomic E-state index is 11.9. The molecule has 0 heterocycles. The third-order valence-electron chi connectivity index (χ3n) is 3.62. The first-order valence-corrected chi connectivity index (χ1v) is 8.00. The van der Waals surface area contributed by atoms with E-state index in [9.17, 15) is 4.79 Å². The zero-order valence-corrected chi connectivity index (χ0v) is 14.1. The van der Waals surface area contributed by atoms with Gasteiger partial charge in [0.1, 0.15) is 0 Å². The summed E-state index contributed by atoms with van der Waals surface area (Å²) in [4.78, 5) is 11.9. The molecule has 23 heavy (non-hydrogen) atoms. The minimum atomic E-state index is -0.275. The molecule has 0 radical (unpaired) electrons. The molecule has 122 valence electrons. The number of esters is 1. The van der Waals surface area contributed by atoms with Crippen LogP contribution in [0.4, 0.5) is 0 Å². The molecule has 0 atom stereocenters. The highest BCUT2D eigenvalue weighted by Gasteiger charge is 2.07. The summed E-state index contributed by atoms with van der Waals surface area (Å²) in [5, 5.41) is 0. The van der Waals surface area contributed by atoms with E-state index in [1.54, 1.807) is 6.07 Å². The van der Waals surface area contributed by atoms with Gasteiger partial charge in [0, 0.05) is 0 Å². The van der Waals surface area contributed by atoms with Gasteiger partial charge in [0.2, 0.25) is 0 Å². The normalized spacial score (nSPS) is 10.6. The Morgan fingerprint density at radius 1 is 1.04 bits per heavy atom. The van der Waals surface area contributed by atoms with E-state index in [0.717, 1.165) is 12.0 Å². The number of ether oxygens (including phenoxy) is 2. The molecule has 3 heteroatoms. The standard InChI is InChI=1S/C20H24O3/c1-4-10-23-20(21)18-7-5-6-17(12-18)13-22-14-19-9-8-15(2)11-16(19)3/h5-9,11-12H,4,10,13-14H2,1-3H3. The van der Waals surface area contributed by atoms with E-state index >= 15 is 0 Å². The number of benzene rings is 2. The van der Waals surface area contributed by atoms with E-state index in [2.05, 4.69) is 32.0 Å². The molecule has 0 N–H and O–H groups in total. The summed E-state index contributed by atoms with van der Waals surface area (Å²) in [6, 6.07) is 13.8. The summed E-state index contributed by atoms with van der Waals surface area (Å²) in [7, 11) is 0. The summed E-state index contributed by atoms with van der Waals surface area (Å²) in [6.45, 7) is 7.65. The predicted molar refractivity (Wildman–Crippen MR) is 91.4 cm³/mol. The van der Waals surface area contributed by atoms with Crippen LogP contribution < -0.4 is 0 Å². The van der Waals surface area contributed by atoms with Crippen LogP contribution in [0, 0.1) is 13.8 Å². The van der Waals surface area contributed by atoms with Crippen molar-refractivity contribution in [2.24, 2.45) is 0 Å². The van der Waals surface area contributed by atoms with Crippen LogP contribution in [0.2, 0.25) is 0 Å². The second-order valence-corrected chi connectivity index (χ2v) is 5.76. The van der Waals surface area contributed by atoms with E-state index in [1.807, 2.05) is 25.1 Å². The van der Waals surface area contributed by atoms with Crippen LogP contribution in [0.1, 0.15) is 46.0 Å². The van der Waals surface area contributed by atoms with Crippen molar-refractivity contribution in [3.05, 3.63) is 70.3 Å². The van der Waals surface area contributed by atoms with Gasteiger partial charge in [0.05, 0.1) is 25.4 Å². The lowest BCUT2D eigenvalue weighted by Gasteiger charge is -2.09. The van der Waals surface area contributed by atoms with Gasteiger partial charge in [-0.25, -0.2) is 4.79 Å². The third-order valence-corrected chi connectivity index (χ3v) is 3.62. The van der Waals surface area contributed by atoms with Crippen LogP contribution in [0.15, 0.2) is 42.5 Å². The Morgan fingerprint density at radius 3 is 2.61 bits per heavy atom. The van der Waals surface area contributed by atoms with Crippen LogP contribution in [-0.2, 0) is 22.7 Å². The van der Waals surface area contributed by atoms with Gasteiger partial charge < -0.3 is 9.47 Å². The van der Waals surface area contributed by atoms with Crippen molar-refractivity contribution in [2.75, 3.05) is 6.61 Å². The molecule has 0 bridgehead atoms. The van der Waals surface area contributed by atoms with Gasteiger partial charge in [-0.1, -0.05) is 42.8 Å². The summed E-state index contributed by atoms with van der Waals surface area (Å²) in [6.07, 6.45) is 0.824. The van der Waals surface area contributed by atoms with E-state index in [4.69, 9.17) is 9.47 Å². The molecule has 2 aromatic carbocycles. The Labute approximate surface area is 138 Å². The first kappa shape index (κ1) is 17.2. The molecule has 3 nitrogen and oxygen atoms in total. The first-order chi connectivity index (χ1) is 11.1. The summed E-state index contributed by atoms with van der Waals surface area (Å²) < 4.78 is 10.9. The fourth-order valence-corrected chi connectivity index (χ4v) is 2.35. The highest BCUT2D eigenvalue weighted by molar-refractivity contribution is 5.89. The molecule has 0 saturated heterocycles. The molecule has 0 unspecified atom stereocenters. The third kappa shape index (κ3) is 5.22. The number of carbonyl (C=O) groups excluding carboxylic acids is 1. The largest absolute Gasteiger partial charge is 0.462 e. The molecule has 0 aromatic heterocycles. The average Bonchev–Trinajstić information content (AvgIpc) is 2.55. The molecule has 0 aliphatic rings. The number of carbonyl (C=O) groups is 1. The molecule has 2 rings (SSSR count). The van der Waals surface area contributed by atoms with Gasteiger partial charge in [0.25, 0.3) is 0 Å². The Bertz CT molecular complexity index is 662. The molecule has 0 spiro atoms. The summed E-state index contributed by atoms with van der Waals surface area (Å²) >= 11 is 0. The van der Waals surface area contributed by atoms with Gasteiger partial charge in [-0.05, 0) is 49.1 Å². The molecular formula is C20H24O3. The molecule has 0 aliphatic heterocycles. The van der Waals surface area contributed by atoms with Crippen LogP contribution in [0.3, 0.4) is 0 Å². The smallest absolute Gasteiger partial charge is 0.338 e. The summed E-state index contributed by atoms with van der Waals surface area (Å²) in [5.74, 6) is -0.275. The van der Waals surface area contributed by atoms with Gasteiger partial charge in [-0.3, -0.25) is 0 Å². The number of hydrogen-bond donors (Lipinski definition) is 0. The fraction of sp³-hybridized carbons (Fsp3) is 0.350. The second-order valence-electron chi connectivity index (χ2n) is 5.76. The average molecular weight is 312 g/mol. The van der Waals surface area contributed by atoms with E-state index in [-0.39, 0.29) is 5.97 Å². The minimum Gasteiger partial charge on any atom is -0.462 e. The van der Waals surface area contributed by atoms with Crippen molar-refractivity contribution in [3.8, 4) is 0 Å². The van der Waals surface area contributed by atoms with Crippen molar-refractivity contribution in [1.29, 1.82) is 0 Å². The van der Waals surface area contributed by atoms with Crippen LogP contribution in [0.5, 0.6) is 0 Å². The highest BCUT2D eigenvalue weighted by Crippen LogP contribution is 2.14. The number of aryl methyl sites for hydroxylation is 2. The Balaban J connectivity index is 1.92. The Hall–Kier alpha value is -2.13. The molecule has 0 aliphatic carbocycles. The molecule has 0 amide bonds.